The van der Waals surface area contributed by atoms with Gasteiger partial charge >= 0.3 is 0 Å². The van der Waals surface area contributed by atoms with Crippen LogP contribution in [0.3, 0.4) is 0 Å². The summed E-state index contributed by atoms with van der Waals surface area (Å²) >= 11 is 8.92. The number of aryl methyl sites for hydroxylation is 1. The zero-order valence-corrected chi connectivity index (χ0v) is 14.6. The molecule has 0 aliphatic heterocycles. The standard InChI is InChI=1S/C17H19BrN2S/c1-3-13-11-15(18)9-10-16(13)20-17(21)19-12(2)14-7-5-4-6-8-14/h4-12H,3H2,1-2H3,(H2,19,20,21). The lowest BCUT2D eigenvalue weighted by atomic mass is 10.1. The molecule has 0 radical (unpaired) electrons. The molecule has 1 atom stereocenters. The van der Waals surface area contributed by atoms with Crippen LogP contribution in [-0.4, -0.2) is 5.11 Å². The quantitative estimate of drug-likeness (QED) is 0.743. The maximum absolute atomic E-state index is 5.42. The fourth-order valence-corrected chi connectivity index (χ4v) is 2.85. The molecule has 0 aromatic heterocycles. The lowest BCUT2D eigenvalue weighted by Gasteiger charge is -2.18. The molecule has 0 fully saturated rings. The summed E-state index contributed by atoms with van der Waals surface area (Å²) in [5.74, 6) is 0. The summed E-state index contributed by atoms with van der Waals surface area (Å²) < 4.78 is 1.08. The molecule has 2 aromatic rings. The maximum atomic E-state index is 5.42. The summed E-state index contributed by atoms with van der Waals surface area (Å²) in [6, 6.07) is 16.6. The number of nitrogens with one attached hydrogen (secondary N) is 2. The van der Waals surface area contributed by atoms with Crippen molar-refractivity contribution in [1.29, 1.82) is 0 Å². The second-order valence-corrected chi connectivity index (χ2v) is 6.21. The summed E-state index contributed by atoms with van der Waals surface area (Å²) in [4.78, 5) is 0. The Labute approximate surface area is 140 Å². The Hall–Kier alpha value is -1.39. The van der Waals surface area contributed by atoms with E-state index < -0.39 is 0 Å². The molecule has 0 amide bonds. The first-order chi connectivity index (χ1) is 10.1. The Kier molecular flexibility index (Phi) is 5.76. The number of anilines is 1. The van der Waals surface area contributed by atoms with E-state index in [1.165, 1.54) is 11.1 Å². The van der Waals surface area contributed by atoms with Gasteiger partial charge in [0.05, 0.1) is 6.04 Å². The lowest BCUT2D eigenvalue weighted by Crippen LogP contribution is -2.31. The predicted molar refractivity (Wildman–Crippen MR) is 97.7 cm³/mol. The van der Waals surface area contributed by atoms with Crippen LogP contribution in [0, 0.1) is 0 Å². The largest absolute Gasteiger partial charge is 0.356 e. The van der Waals surface area contributed by atoms with Crippen molar-refractivity contribution < 1.29 is 0 Å². The summed E-state index contributed by atoms with van der Waals surface area (Å²) in [7, 11) is 0. The van der Waals surface area contributed by atoms with Gasteiger partial charge in [-0.05, 0) is 54.9 Å². The van der Waals surface area contributed by atoms with Crippen LogP contribution in [0.4, 0.5) is 5.69 Å². The highest BCUT2D eigenvalue weighted by molar-refractivity contribution is 9.10. The van der Waals surface area contributed by atoms with Gasteiger partial charge in [0.25, 0.3) is 0 Å². The summed E-state index contributed by atoms with van der Waals surface area (Å²) in [6.45, 7) is 4.24. The highest BCUT2D eigenvalue weighted by Gasteiger charge is 2.08. The second kappa shape index (κ2) is 7.57. The Morgan fingerprint density at radius 1 is 1.19 bits per heavy atom. The van der Waals surface area contributed by atoms with Crippen molar-refractivity contribution in [2.24, 2.45) is 0 Å². The van der Waals surface area contributed by atoms with Crippen molar-refractivity contribution in [3.8, 4) is 0 Å². The predicted octanol–water partition coefficient (Wildman–Crippen LogP) is 5.06. The molecule has 0 saturated carbocycles. The Bertz CT molecular complexity index is 613. The normalized spacial score (nSPS) is 11.8. The van der Waals surface area contributed by atoms with Gasteiger partial charge in [-0.3, -0.25) is 0 Å². The van der Waals surface area contributed by atoms with Gasteiger partial charge in [-0.15, -0.1) is 0 Å². The minimum Gasteiger partial charge on any atom is -0.356 e. The molecule has 2 N–H and O–H groups in total. The molecular formula is C17H19BrN2S. The third-order valence-corrected chi connectivity index (χ3v) is 4.06. The molecule has 2 nitrogen and oxygen atoms in total. The Balaban J connectivity index is 2.02. The van der Waals surface area contributed by atoms with Gasteiger partial charge in [0.2, 0.25) is 0 Å². The van der Waals surface area contributed by atoms with E-state index in [4.69, 9.17) is 12.2 Å². The van der Waals surface area contributed by atoms with Gasteiger partial charge in [0, 0.05) is 10.2 Å². The zero-order chi connectivity index (χ0) is 15.2. The molecule has 2 rings (SSSR count). The van der Waals surface area contributed by atoms with Gasteiger partial charge in [-0.2, -0.15) is 0 Å². The molecule has 0 spiro atoms. The molecule has 1 unspecified atom stereocenters. The van der Waals surface area contributed by atoms with E-state index in [2.05, 4.69) is 58.6 Å². The van der Waals surface area contributed by atoms with Crippen molar-refractivity contribution in [3.63, 3.8) is 0 Å². The van der Waals surface area contributed by atoms with Crippen LogP contribution in [-0.2, 0) is 6.42 Å². The first-order valence-electron chi connectivity index (χ1n) is 7.01. The van der Waals surface area contributed by atoms with Crippen LogP contribution in [0.1, 0.15) is 31.0 Å². The van der Waals surface area contributed by atoms with Crippen molar-refractivity contribution in [1.82, 2.24) is 5.32 Å². The minimum atomic E-state index is 0.173. The van der Waals surface area contributed by atoms with Crippen molar-refractivity contribution >= 4 is 38.9 Å². The molecule has 0 aliphatic rings. The Morgan fingerprint density at radius 3 is 2.57 bits per heavy atom. The number of rotatable bonds is 4. The van der Waals surface area contributed by atoms with E-state index in [9.17, 15) is 0 Å². The number of benzene rings is 2. The number of hydrogen-bond acceptors (Lipinski definition) is 1. The summed E-state index contributed by atoms with van der Waals surface area (Å²) in [5, 5.41) is 7.25. The van der Waals surface area contributed by atoms with Gasteiger partial charge < -0.3 is 10.6 Å². The van der Waals surface area contributed by atoms with Gasteiger partial charge in [-0.1, -0.05) is 53.2 Å². The van der Waals surface area contributed by atoms with Crippen LogP contribution in [0.25, 0.3) is 0 Å². The van der Waals surface area contributed by atoms with Crippen LogP contribution >= 0.6 is 28.1 Å². The molecule has 4 heteroatoms. The average molecular weight is 363 g/mol. The average Bonchev–Trinajstić information content (AvgIpc) is 2.49. The number of thiocarbonyl (C=S) groups is 1. The third-order valence-electron chi connectivity index (χ3n) is 3.34. The molecule has 0 aliphatic carbocycles. The smallest absolute Gasteiger partial charge is 0.171 e. The van der Waals surface area contributed by atoms with E-state index in [0.29, 0.717) is 5.11 Å². The van der Waals surface area contributed by atoms with Crippen LogP contribution in [0.2, 0.25) is 0 Å². The maximum Gasteiger partial charge on any atom is 0.171 e. The van der Waals surface area contributed by atoms with E-state index in [1.807, 2.05) is 30.3 Å². The van der Waals surface area contributed by atoms with Crippen molar-refractivity contribution in [2.75, 3.05) is 5.32 Å². The topological polar surface area (TPSA) is 24.1 Å². The minimum absolute atomic E-state index is 0.173. The summed E-state index contributed by atoms with van der Waals surface area (Å²) in [6.07, 6.45) is 0.957. The van der Waals surface area contributed by atoms with Gasteiger partial charge in [0.1, 0.15) is 0 Å². The van der Waals surface area contributed by atoms with Crippen molar-refractivity contribution in [3.05, 3.63) is 64.1 Å². The molecule has 0 saturated heterocycles. The van der Waals surface area contributed by atoms with Crippen LogP contribution in [0.5, 0.6) is 0 Å². The SMILES string of the molecule is CCc1cc(Br)ccc1NC(=S)NC(C)c1ccccc1. The number of hydrogen-bond donors (Lipinski definition) is 2. The van der Waals surface area contributed by atoms with E-state index in [1.54, 1.807) is 0 Å². The van der Waals surface area contributed by atoms with E-state index in [0.717, 1.165) is 16.6 Å². The second-order valence-electron chi connectivity index (χ2n) is 4.89. The zero-order valence-electron chi connectivity index (χ0n) is 12.2. The molecule has 110 valence electrons. The van der Waals surface area contributed by atoms with E-state index >= 15 is 0 Å². The highest BCUT2D eigenvalue weighted by atomic mass is 79.9. The summed E-state index contributed by atoms with van der Waals surface area (Å²) in [5.41, 5.74) is 3.51. The van der Waals surface area contributed by atoms with Crippen molar-refractivity contribution in [2.45, 2.75) is 26.3 Å². The molecule has 0 bridgehead atoms. The monoisotopic (exact) mass is 362 g/mol. The molecule has 21 heavy (non-hydrogen) atoms. The first-order valence-corrected chi connectivity index (χ1v) is 8.21. The molecular weight excluding hydrogens is 344 g/mol. The molecule has 0 heterocycles. The molecule has 2 aromatic carbocycles. The lowest BCUT2D eigenvalue weighted by molar-refractivity contribution is 0.722. The van der Waals surface area contributed by atoms with Gasteiger partial charge in [0.15, 0.2) is 5.11 Å². The van der Waals surface area contributed by atoms with Crippen LogP contribution in [0.15, 0.2) is 53.0 Å². The fraction of sp³-hybridized carbons (Fsp3) is 0.235. The van der Waals surface area contributed by atoms with Gasteiger partial charge in [-0.25, -0.2) is 0 Å². The Morgan fingerprint density at radius 2 is 1.90 bits per heavy atom. The highest BCUT2D eigenvalue weighted by Crippen LogP contribution is 2.22. The first kappa shape index (κ1) is 16.0. The number of halogens is 1. The van der Waals surface area contributed by atoms with E-state index in [-0.39, 0.29) is 6.04 Å². The van der Waals surface area contributed by atoms with Crippen LogP contribution < -0.4 is 10.6 Å². The third kappa shape index (κ3) is 4.55. The fourth-order valence-electron chi connectivity index (χ4n) is 2.16.